The van der Waals surface area contributed by atoms with Gasteiger partial charge in [-0.3, -0.25) is 4.79 Å². The lowest BCUT2D eigenvalue weighted by molar-refractivity contribution is -0.154. The third kappa shape index (κ3) is 4.96. The quantitative estimate of drug-likeness (QED) is 0.845. The van der Waals surface area contributed by atoms with Gasteiger partial charge in [-0.15, -0.1) is 0 Å². The zero-order valence-corrected chi connectivity index (χ0v) is 12.1. The van der Waals surface area contributed by atoms with Crippen LogP contribution in [0.25, 0.3) is 0 Å². The van der Waals surface area contributed by atoms with Crippen molar-refractivity contribution < 1.29 is 9.53 Å². The van der Waals surface area contributed by atoms with E-state index >= 15 is 0 Å². The minimum Gasteiger partial charge on any atom is -0.460 e. The minimum absolute atomic E-state index is 0.209. The highest BCUT2D eigenvalue weighted by atomic mass is 35.5. The van der Waals surface area contributed by atoms with Crippen molar-refractivity contribution in [1.29, 1.82) is 0 Å². The van der Waals surface area contributed by atoms with Crippen LogP contribution in [0.2, 0.25) is 5.02 Å². The number of carbonyl (C=O) groups is 1. The molecule has 0 aliphatic carbocycles. The van der Waals surface area contributed by atoms with E-state index in [1.165, 1.54) is 0 Å². The average molecular weight is 270 g/mol. The second kappa shape index (κ2) is 6.10. The van der Waals surface area contributed by atoms with E-state index in [4.69, 9.17) is 16.3 Å². The summed E-state index contributed by atoms with van der Waals surface area (Å²) >= 11 is 6.14. The van der Waals surface area contributed by atoms with Crippen LogP contribution in [0.15, 0.2) is 18.2 Å². The molecule has 0 fully saturated rings. The monoisotopic (exact) mass is 269 g/mol. The van der Waals surface area contributed by atoms with Crippen molar-refractivity contribution in [2.24, 2.45) is 0 Å². The van der Waals surface area contributed by atoms with Crippen molar-refractivity contribution >= 4 is 23.3 Å². The Morgan fingerprint density at radius 1 is 1.39 bits per heavy atom. The molecule has 1 aromatic carbocycles. The van der Waals surface area contributed by atoms with E-state index < -0.39 is 5.60 Å². The Kier molecular flexibility index (Phi) is 5.03. The molecule has 0 aliphatic heterocycles. The van der Waals surface area contributed by atoms with Gasteiger partial charge < -0.3 is 10.1 Å². The van der Waals surface area contributed by atoms with E-state index in [9.17, 15) is 4.79 Å². The molecule has 0 bridgehead atoms. The molecule has 18 heavy (non-hydrogen) atoms. The first-order valence-electron chi connectivity index (χ1n) is 6.00. The number of carbonyl (C=O) groups excluding carboxylic acids is 1. The van der Waals surface area contributed by atoms with Gasteiger partial charge in [0, 0.05) is 6.54 Å². The molecule has 0 amide bonds. The Morgan fingerprint density at radius 2 is 2.06 bits per heavy atom. The zero-order valence-electron chi connectivity index (χ0n) is 11.3. The van der Waals surface area contributed by atoms with Gasteiger partial charge in [0.25, 0.3) is 0 Å². The molecule has 0 saturated carbocycles. The Labute approximate surface area is 113 Å². The summed E-state index contributed by atoms with van der Waals surface area (Å²) in [6, 6.07) is 5.77. The standard InChI is InChI=1S/C14H20ClNO2/c1-10-6-5-7-11(13(10)15)16-9-8-12(17)18-14(2,3)4/h5-7,16H,8-9H2,1-4H3. The third-order valence-electron chi connectivity index (χ3n) is 2.26. The van der Waals surface area contributed by atoms with Crippen LogP contribution in [0.3, 0.4) is 0 Å². The van der Waals surface area contributed by atoms with Crippen LogP contribution >= 0.6 is 11.6 Å². The normalized spacial score (nSPS) is 11.2. The molecule has 100 valence electrons. The molecule has 0 spiro atoms. The fraction of sp³-hybridized carbons (Fsp3) is 0.500. The number of hydrogen-bond donors (Lipinski definition) is 1. The maximum absolute atomic E-state index is 11.5. The van der Waals surface area contributed by atoms with Crippen molar-refractivity contribution in [2.45, 2.75) is 39.7 Å². The number of benzene rings is 1. The SMILES string of the molecule is Cc1cccc(NCCC(=O)OC(C)(C)C)c1Cl. The highest BCUT2D eigenvalue weighted by Gasteiger charge is 2.15. The second-order valence-corrected chi connectivity index (χ2v) is 5.58. The van der Waals surface area contributed by atoms with Gasteiger partial charge >= 0.3 is 5.97 Å². The highest BCUT2D eigenvalue weighted by Crippen LogP contribution is 2.24. The fourth-order valence-corrected chi connectivity index (χ4v) is 1.67. The van der Waals surface area contributed by atoms with E-state index in [0.717, 1.165) is 11.3 Å². The van der Waals surface area contributed by atoms with Gasteiger partial charge in [0.15, 0.2) is 0 Å². The molecule has 0 aliphatic rings. The van der Waals surface area contributed by atoms with Crippen LogP contribution in [0.4, 0.5) is 5.69 Å². The molecule has 1 aromatic rings. The topological polar surface area (TPSA) is 38.3 Å². The van der Waals surface area contributed by atoms with E-state index in [0.29, 0.717) is 18.0 Å². The Balaban J connectivity index is 2.43. The number of ether oxygens (including phenoxy) is 1. The first-order valence-corrected chi connectivity index (χ1v) is 6.38. The largest absolute Gasteiger partial charge is 0.460 e. The summed E-state index contributed by atoms with van der Waals surface area (Å²) < 4.78 is 5.22. The van der Waals surface area contributed by atoms with Crippen LogP contribution < -0.4 is 5.32 Å². The number of hydrogen-bond acceptors (Lipinski definition) is 3. The molecule has 1 rings (SSSR count). The predicted molar refractivity (Wildman–Crippen MR) is 75.1 cm³/mol. The maximum Gasteiger partial charge on any atom is 0.308 e. The van der Waals surface area contributed by atoms with Gasteiger partial charge in [-0.2, -0.15) is 0 Å². The van der Waals surface area contributed by atoms with Gasteiger partial charge in [0.05, 0.1) is 17.1 Å². The van der Waals surface area contributed by atoms with Crippen molar-refractivity contribution in [3.63, 3.8) is 0 Å². The lowest BCUT2D eigenvalue weighted by Crippen LogP contribution is -2.25. The molecule has 4 heteroatoms. The van der Waals surface area contributed by atoms with Gasteiger partial charge in [0.1, 0.15) is 5.60 Å². The second-order valence-electron chi connectivity index (χ2n) is 5.20. The number of halogens is 1. The predicted octanol–water partition coefficient (Wildman–Crippen LogP) is 3.79. The molecule has 0 aromatic heterocycles. The summed E-state index contributed by atoms with van der Waals surface area (Å²) in [7, 11) is 0. The molecular formula is C14H20ClNO2. The maximum atomic E-state index is 11.5. The summed E-state index contributed by atoms with van der Waals surface area (Å²) in [5, 5.41) is 3.83. The van der Waals surface area contributed by atoms with E-state index in [1.807, 2.05) is 45.9 Å². The Morgan fingerprint density at radius 3 is 2.67 bits per heavy atom. The molecule has 0 unspecified atom stereocenters. The van der Waals surface area contributed by atoms with Crippen LogP contribution in [-0.4, -0.2) is 18.1 Å². The lowest BCUT2D eigenvalue weighted by atomic mass is 10.2. The summed E-state index contributed by atoms with van der Waals surface area (Å²) in [4.78, 5) is 11.5. The zero-order chi connectivity index (χ0) is 13.8. The lowest BCUT2D eigenvalue weighted by Gasteiger charge is -2.19. The average Bonchev–Trinajstić information content (AvgIpc) is 2.21. The van der Waals surface area contributed by atoms with Crippen LogP contribution in [-0.2, 0) is 9.53 Å². The van der Waals surface area contributed by atoms with Crippen molar-refractivity contribution in [3.05, 3.63) is 28.8 Å². The van der Waals surface area contributed by atoms with E-state index in [1.54, 1.807) is 0 Å². The number of rotatable bonds is 4. The highest BCUT2D eigenvalue weighted by molar-refractivity contribution is 6.33. The molecule has 0 atom stereocenters. The van der Waals surface area contributed by atoms with Crippen molar-refractivity contribution in [1.82, 2.24) is 0 Å². The molecule has 0 radical (unpaired) electrons. The molecule has 1 N–H and O–H groups in total. The third-order valence-corrected chi connectivity index (χ3v) is 2.76. The van der Waals surface area contributed by atoms with Crippen LogP contribution in [0, 0.1) is 6.92 Å². The first-order chi connectivity index (χ1) is 8.29. The van der Waals surface area contributed by atoms with Crippen LogP contribution in [0.1, 0.15) is 32.8 Å². The molecule has 3 nitrogen and oxygen atoms in total. The van der Waals surface area contributed by atoms with E-state index in [-0.39, 0.29) is 5.97 Å². The van der Waals surface area contributed by atoms with Gasteiger partial charge in [-0.25, -0.2) is 0 Å². The molecule has 0 heterocycles. The Hall–Kier alpha value is -1.22. The van der Waals surface area contributed by atoms with Crippen molar-refractivity contribution in [2.75, 3.05) is 11.9 Å². The van der Waals surface area contributed by atoms with E-state index in [2.05, 4.69) is 5.32 Å². The number of anilines is 1. The number of esters is 1. The fourth-order valence-electron chi connectivity index (χ4n) is 1.48. The van der Waals surface area contributed by atoms with Crippen LogP contribution in [0.5, 0.6) is 0 Å². The molecule has 0 saturated heterocycles. The minimum atomic E-state index is -0.432. The van der Waals surface area contributed by atoms with Gasteiger partial charge in [-0.05, 0) is 39.3 Å². The van der Waals surface area contributed by atoms with Gasteiger partial charge in [0.2, 0.25) is 0 Å². The Bertz CT molecular complexity index is 424. The number of nitrogens with one attached hydrogen (secondary N) is 1. The van der Waals surface area contributed by atoms with Gasteiger partial charge in [-0.1, -0.05) is 23.7 Å². The summed E-state index contributed by atoms with van der Waals surface area (Å²) in [5.74, 6) is -0.209. The number of aryl methyl sites for hydroxylation is 1. The van der Waals surface area contributed by atoms with Crippen molar-refractivity contribution in [3.8, 4) is 0 Å². The summed E-state index contributed by atoms with van der Waals surface area (Å²) in [5.41, 5.74) is 1.43. The smallest absolute Gasteiger partial charge is 0.308 e. The molecular weight excluding hydrogens is 250 g/mol. The summed E-state index contributed by atoms with van der Waals surface area (Å²) in [6.45, 7) is 8.03. The summed E-state index contributed by atoms with van der Waals surface area (Å²) in [6.07, 6.45) is 0.321. The first kappa shape index (κ1) is 14.8.